The number of halogens is 1. The van der Waals surface area contributed by atoms with E-state index in [1.807, 2.05) is 43.3 Å². The summed E-state index contributed by atoms with van der Waals surface area (Å²) in [4.78, 5) is 12.4. The highest BCUT2D eigenvalue weighted by Gasteiger charge is 2.13. The average Bonchev–Trinajstić information content (AvgIpc) is 3.09. The number of aryl methyl sites for hydroxylation is 1. The summed E-state index contributed by atoms with van der Waals surface area (Å²) < 4.78 is 1.68. The van der Waals surface area contributed by atoms with Crippen molar-refractivity contribution in [2.45, 2.75) is 12.1 Å². The molecule has 0 N–H and O–H groups in total. The first kappa shape index (κ1) is 17.7. The van der Waals surface area contributed by atoms with Crippen LogP contribution in [0, 0.1) is 6.92 Å². The molecule has 0 aliphatic rings. The molecule has 2 aromatic heterocycles. The largest absolute Gasteiger partial charge is 0.293 e. The van der Waals surface area contributed by atoms with Crippen LogP contribution in [-0.4, -0.2) is 31.3 Å². The van der Waals surface area contributed by atoms with Gasteiger partial charge in [-0.05, 0) is 43.3 Å². The molecule has 0 aliphatic carbocycles. The zero-order valence-corrected chi connectivity index (χ0v) is 16.0. The van der Waals surface area contributed by atoms with E-state index in [-0.39, 0.29) is 11.5 Å². The number of Topliss-reactive ketones (excluding diaryl/α,β-unsaturated/α-hetero) is 1. The Bertz CT molecular complexity index is 1110. The molecule has 0 atom stereocenters. The molecule has 7 heteroatoms. The van der Waals surface area contributed by atoms with Gasteiger partial charge in [0.15, 0.2) is 11.4 Å². The second-order valence-electron chi connectivity index (χ2n) is 6.06. The van der Waals surface area contributed by atoms with Crippen molar-refractivity contribution in [3.8, 4) is 11.3 Å². The summed E-state index contributed by atoms with van der Waals surface area (Å²) >= 11 is 7.18. The van der Waals surface area contributed by atoms with E-state index in [2.05, 4.69) is 15.3 Å². The lowest BCUT2D eigenvalue weighted by Crippen LogP contribution is -2.03. The van der Waals surface area contributed by atoms with Crippen LogP contribution in [0.25, 0.3) is 16.9 Å². The third-order valence-electron chi connectivity index (χ3n) is 4.08. The van der Waals surface area contributed by atoms with Gasteiger partial charge in [0.1, 0.15) is 0 Å². The Morgan fingerprint density at radius 3 is 2.48 bits per heavy atom. The molecule has 0 fully saturated rings. The second kappa shape index (κ2) is 7.50. The summed E-state index contributed by atoms with van der Waals surface area (Å²) in [5, 5.41) is 14.1. The number of hydrogen-bond acceptors (Lipinski definition) is 5. The van der Waals surface area contributed by atoms with Crippen LogP contribution < -0.4 is 0 Å². The Hall–Kier alpha value is -2.70. The van der Waals surface area contributed by atoms with Crippen LogP contribution in [0.3, 0.4) is 0 Å². The number of thioether (sulfide) groups is 1. The van der Waals surface area contributed by atoms with Crippen molar-refractivity contribution < 1.29 is 4.79 Å². The van der Waals surface area contributed by atoms with Crippen LogP contribution in [0.1, 0.15) is 15.9 Å². The van der Waals surface area contributed by atoms with E-state index in [9.17, 15) is 4.79 Å². The summed E-state index contributed by atoms with van der Waals surface area (Å²) in [5.74, 6) is 0.252. The van der Waals surface area contributed by atoms with E-state index in [0.29, 0.717) is 21.4 Å². The predicted octanol–water partition coefficient (Wildman–Crippen LogP) is 4.73. The SMILES string of the molecule is Cc1ccc(-c2ccc3nnc(SCC(=O)c4ccc(Cl)cc4)n3n2)cc1. The summed E-state index contributed by atoms with van der Waals surface area (Å²) in [6.07, 6.45) is 0. The Morgan fingerprint density at radius 1 is 1.00 bits per heavy atom. The van der Waals surface area contributed by atoms with Gasteiger partial charge >= 0.3 is 0 Å². The molecule has 0 amide bonds. The van der Waals surface area contributed by atoms with Crippen LogP contribution in [0.4, 0.5) is 0 Å². The highest BCUT2D eigenvalue weighted by Crippen LogP contribution is 2.22. The number of rotatable bonds is 5. The highest BCUT2D eigenvalue weighted by atomic mass is 35.5. The Morgan fingerprint density at radius 2 is 1.74 bits per heavy atom. The van der Waals surface area contributed by atoms with Crippen molar-refractivity contribution in [2.24, 2.45) is 0 Å². The fraction of sp³-hybridized carbons (Fsp3) is 0.100. The number of ketones is 1. The number of aromatic nitrogens is 4. The Balaban J connectivity index is 1.56. The lowest BCUT2D eigenvalue weighted by molar-refractivity contribution is 0.102. The minimum Gasteiger partial charge on any atom is -0.293 e. The van der Waals surface area contributed by atoms with Gasteiger partial charge < -0.3 is 0 Å². The molecule has 134 valence electrons. The smallest absolute Gasteiger partial charge is 0.212 e. The summed E-state index contributed by atoms with van der Waals surface area (Å²) in [6.45, 7) is 2.05. The first-order chi connectivity index (χ1) is 13.1. The minimum absolute atomic E-state index is 0.00288. The molecule has 0 saturated heterocycles. The van der Waals surface area contributed by atoms with Crippen molar-refractivity contribution in [3.63, 3.8) is 0 Å². The second-order valence-corrected chi connectivity index (χ2v) is 7.43. The molecule has 0 aliphatic heterocycles. The monoisotopic (exact) mass is 394 g/mol. The molecule has 5 nitrogen and oxygen atoms in total. The molecule has 0 spiro atoms. The number of fused-ring (bicyclic) bond motifs is 1. The van der Waals surface area contributed by atoms with Crippen molar-refractivity contribution in [1.29, 1.82) is 0 Å². The molecule has 0 unspecified atom stereocenters. The van der Waals surface area contributed by atoms with E-state index in [1.165, 1.54) is 17.3 Å². The van der Waals surface area contributed by atoms with E-state index in [4.69, 9.17) is 11.6 Å². The quantitative estimate of drug-likeness (QED) is 0.362. The maximum absolute atomic E-state index is 12.4. The molecule has 2 aromatic carbocycles. The van der Waals surface area contributed by atoms with E-state index >= 15 is 0 Å². The number of hydrogen-bond donors (Lipinski definition) is 0. The maximum atomic E-state index is 12.4. The molecular formula is C20H15ClN4OS. The van der Waals surface area contributed by atoms with E-state index in [0.717, 1.165) is 11.3 Å². The molecule has 2 heterocycles. The van der Waals surface area contributed by atoms with Crippen molar-refractivity contribution in [1.82, 2.24) is 19.8 Å². The molecule has 0 saturated carbocycles. The lowest BCUT2D eigenvalue weighted by atomic mass is 10.1. The van der Waals surface area contributed by atoms with Crippen LogP contribution in [0.2, 0.25) is 5.02 Å². The van der Waals surface area contributed by atoms with Crippen LogP contribution in [-0.2, 0) is 0 Å². The van der Waals surface area contributed by atoms with Gasteiger partial charge in [0.25, 0.3) is 0 Å². The zero-order valence-electron chi connectivity index (χ0n) is 14.5. The third kappa shape index (κ3) is 3.86. The normalized spacial score (nSPS) is 11.0. The average molecular weight is 395 g/mol. The summed E-state index contributed by atoms with van der Waals surface area (Å²) in [6, 6.07) is 18.8. The minimum atomic E-state index is 0.00288. The number of carbonyl (C=O) groups is 1. The summed E-state index contributed by atoms with van der Waals surface area (Å²) in [7, 11) is 0. The van der Waals surface area contributed by atoms with Crippen LogP contribution in [0.15, 0.2) is 65.8 Å². The first-order valence-electron chi connectivity index (χ1n) is 8.31. The van der Waals surface area contributed by atoms with Gasteiger partial charge in [-0.25, -0.2) is 0 Å². The van der Waals surface area contributed by atoms with Gasteiger partial charge in [0.2, 0.25) is 5.16 Å². The standard InChI is InChI=1S/C20H15ClN4OS/c1-13-2-4-14(5-3-13)17-10-11-19-22-23-20(25(19)24-17)27-12-18(26)15-6-8-16(21)9-7-15/h2-11H,12H2,1H3. The lowest BCUT2D eigenvalue weighted by Gasteiger charge is -2.04. The highest BCUT2D eigenvalue weighted by molar-refractivity contribution is 7.99. The number of benzene rings is 2. The topological polar surface area (TPSA) is 60.2 Å². The van der Waals surface area contributed by atoms with Crippen LogP contribution in [0.5, 0.6) is 0 Å². The third-order valence-corrected chi connectivity index (χ3v) is 5.25. The van der Waals surface area contributed by atoms with Gasteiger partial charge in [0, 0.05) is 16.1 Å². The van der Waals surface area contributed by atoms with Crippen molar-refractivity contribution in [3.05, 3.63) is 76.8 Å². The summed E-state index contributed by atoms with van der Waals surface area (Å²) in [5.41, 5.74) is 4.31. The fourth-order valence-corrected chi connectivity index (χ4v) is 3.49. The van der Waals surface area contributed by atoms with E-state index in [1.54, 1.807) is 28.8 Å². The molecule has 4 aromatic rings. The number of carbonyl (C=O) groups excluding carboxylic acids is 1. The van der Waals surface area contributed by atoms with Gasteiger partial charge in [-0.2, -0.15) is 9.61 Å². The number of nitrogens with zero attached hydrogens (tertiary/aromatic N) is 4. The van der Waals surface area contributed by atoms with Crippen molar-refractivity contribution >= 4 is 34.8 Å². The molecule has 4 rings (SSSR count). The van der Waals surface area contributed by atoms with Gasteiger partial charge in [0.05, 0.1) is 11.4 Å². The molecule has 27 heavy (non-hydrogen) atoms. The van der Waals surface area contributed by atoms with E-state index < -0.39 is 0 Å². The van der Waals surface area contributed by atoms with Crippen LogP contribution >= 0.6 is 23.4 Å². The first-order valence-corrected chi connectivity index (χ1v) is 9.67. The fourth-order valence-electron chi connectivity index (χ4n) is 2.59. The Kier molecular flexibility index (Phi) is 4.92. The van der Waals surface area contributed by atoms with Gasteiger partial charge in [-0.1, -0.05) is 53.2 Å². The van der Waals surface area contributed by atoms with Gasteiger partial charge in [-0.3, -0.25) is 4.79 Å². The maximum Gasteiger partial charge on any atom is 0.212 e. The Labute approximate surface area is 165 Å². The zero-order chi connectivity index (χ0) is 18.8. The van der Waals surface area contributed by atoms with Crippen molar-refractivity contribution in [2.75, 3.05) is 5.75 Å². The molecular weight excluding hydrogens is 380 g/mol. The predicted molar refractivity (Wildman–Crippen MR) is 107 cm³/mol. The molecule has 0 bridgehead atoms. The van der Waals surface area contributed by atoms with Gasteiger partial charge in [-0.15, -0.1) is 10.2 Å². The molecule has 0 radical (unpaired) electrons.